The van der Waals surface area contributed by atoms with E-state index in [4.69, 9.17) is 45.0 Å². The lowest BCUT2D eigenvalue weighted by atomic mass is 10.00. The molecule has 1 aliphatic heterocycles. The summed E-state index contributed by atoms with van der Waals surface area (Å²) in [7, 11) is 0. The second-order valence-electron chi connectivity index (χ2n) is 12.6. The van der Waals surface area contributed by atoms with Crippen molar-refractivity contribution in [3.8, 4) is 22.9 Å². The standard InChI is InChI=1S/C40H49ClN6O10/c1-3-42-37(50)26-33-39-46-45-27(2)47(39)34-10-9-31(25-32(34)38(44-33)28-4-7-30(41)8-5-28)57-23-22-56-21-20-55-19-18-54-17-16-53-15-14-52-13-12-43-40(51)29-6-11-35(48)36(49)24-29/h4-11,24-25,33,48-49H,3,12-23,26H2,1-2H3,(H,42,50)(H,43,51). The minimum Gasteiger partial charge on any atom is -0.504 e. The monoisotopic (exact) mass is 808 g/mol. The smallest absolute Gasteiger partial charge is 0.251 e. The maximum absolute atomic E-state index is 12.7. The molecule has 0 saturated heterocycles. The van der Waals surface area contributed by atoms with Crippen molar-refractivity contribution in [1.29, 1.82) is 0 Å². The van der Waals surface area contributed by atoms with Crippen LogP contribution in [0.5, 0.6) is 17.2 Å². The topological polar surface area (TPSA) is 197 Å². The summed E-state index contributed by atoms with van der Waals surface area (Å²) < 4.78 is 35.8. The van der Waals surface area contributed by atoms with Crippen molar-refractivity contribution >= 4 is 29.1 Å². The van der Waals surface area contributed by atoms with Crippen molar-refractivity contribution in [3.05, 3.63) is 94.0 Å². The highest BCUT2D eigenvalue weighted by molar-refractivity contribution is 6.30. The van der Waals surface area contributed by atoms with Crippen molar-refractivity contribution in [2.45, 2.75) is 26.3 Å². The van der Waals surface area contributed by atoms with E-state index in [9.17, 15) is 19.8 Å². The molecule has 57 heavy (non-hydrogen) atoms. The number of phenols is 2. The molecule has 0 saturated carbocycles. The fourth-order valence-corrected chi connectivity index (χ4v) is 5.91. The van der Waals surface area contributed by atoms with Gasteiger partial charge in [-0.2, -0.15) is 0 Å². The van der Waals surface area contributed by atoms with Crippen molar-refractivity contribution in [1.82, 2.24) is 25.4 Å². The third-order valence-corrected chi connectivity index (χ3v) is 8.77. The Bertz CT molecular complexity index is 1940. The van der Waals surface area contributed by atoms with E-state index in [-0.39, 0.29) is 41.8 Å². The number of rotatable bonds is 24. The van der Waals surface area contributed by atoms with Crippen molar-refractivity contribution in [2.75, 3.05) is 85.8 Å². The quantitative estimate of drug-likeness (QED) is 0.0589. The zero-order valence-electron chi connectivity index (χ0n) is 32.1. The molecule has 2 heterocycles. The molecule has 1 aromatic heterocycles. The number of nitrogens with zero attached hydrogens (tertiary/aromatic N) is 4. The van der Waals surface area contributed by atoms with Gasteiger partial charge in [-0.05, 0) is 62.4 Å². The Morgan fingerprint density at radius 1 is 0.754 bits per heavy atom. The summed E-state index contributed by atoms with van der Waals surface area (Å²) in [6, 6.07) is 16.5. The Kier molecular flexibility index (Phi) is 17.1. The van der Waals surface area contributed by atoms with Crippen molar-refractivity contribution in [2.24, 2.45) is 4.99 Å². The van der Waals surface area contributed by atoms with Crippen LogP contribution >= 0.6 is 11.6 Å². The Morgan fingerprint density at radius 2 is 1.39 bits per heavy atom. The highest BCUT2D eigenvalue weighted by Crippen LogP contribution is 2.34. The Labute approximate surface area is 336 Å². The first kappa shape index (κ1) is 43.0. The average Bonchev–Trinajstić information content (AvgIpc) is 3.53. The number of carbonyl (C=O) groups is 2. The lowest BCUT2D eigenvalue weighted by molar-refractivity contribution is -0.121. The lowest BCUT2D eigenvalue weighted by Crippen LogP contribution is -2.27. The Hall–Kier alpha value is -5.10. The van der Waals surface area contributed by atoms with Crippen LogP contribution in [0.2, 0.25) is 5.02 Å². The molecule has 1 aliphatic rings. The van der Waals surface area contributed by atoms with E-state index >= 15 is 0 Å². The van der Waals surface area contributed by atoms with E-state index in [1.807, 2.05) is 60.9 Å². The van der Waals surface area contributed by atoms with Crippen LogP contribution in [0.3, 0.4) is 0 Å². The molecule has 306 valence electrons. The van der Waals surface area contributed by atoms with Crippen LogP contribution in [-0.4, -0.2) is 128 Å². The molecule has 0 spiro atoms. The number of carbonyl (C=O) groups excluding carboxylic acids is 2. The number of ether oxygens (including phenoxy) is 6. The van der Waals surface area contributed by atoms with E-state index in [0.717, 1.165) is 16.8 Å². The maximum Gasteiger partial charge on any atom is 0.251 e. The van der Waals surface area contributed by atoms with Crippen molar-refractivity contribution in [3.63, 3.8) is 0 Å². The number of aryl methyl sites for hydroxylation is 1. The molecular formula is C40H49ClN6O10. The lowest BCUT2D eigenvalue weighted by Gasteiger charge is -2.15. The van der Waals surface area contributed by atoms with E-state index in [1.165, 1.54) is 18.2 Å². The molecule has 0 radical (unpaired) electrons. The molecule has 1 unspecified atom stereocenters. The van der Waals surface area contributed by atoms with Gasteiger partial charge in [0.2, 0.25) is 5.91 Å². The van der Waals surface area contributed by atoms with Crippen LogP contribution in [0.15, 0.2) is 65.7 Å². The Balaban J connectivity index is 0.948. The van der Waals surface area contributed by atoms with Crippen LogP contribution in [0.4, 0.5) is 0 Å². The first-order valence-electron chi connectivity index (χ1n) is 18.7. The zero-order chi connectivity index (χ0) is 40.4. The molecule has 4 N–H and O–H groups in total. The highest BCUT2D eigenvalue weighted by Gasteiger charge is 2.30. The molecule has 17 heteroatoms. The van der Waals surface area contributed by atoms with Gasteiger partial charge in [-0.25, -0.2) is 0 Å². The summed E-state index contributed by atoms with van der Waals surface area (Å²) >= 11 is 6.22. The second-order valence-corrected chi connectivity index (χ2v) is 13.1. The van der Waals surface area contributed by atoms with E-state index in [2.05, 4.69) is 20.8 Å². The molecule has 1 atom stereocenters. The number of aliphatic imine (C=N–C) groups is 1. The summed E-state index contributed by atoms with van der Waals surface area (Å²) in [6.07, 6.45) is 0.118. The fraction of sp³-hybridized carbons (Fsp3) is 0.425. The van der Waals surface area contributed by atoms with Gasteiger partial charge in [0, 0.05) is 34.8 Å². The average molecular weight is 809 g/mol. The fourth-order valence-electron chi connectivity index (χ4n) is 5.79. The summed E-state index contributed by atoms with van der Waals surface area (Å²) in [4.78, 5) is 29.9. The molecule has 3 aromatic carbocycles. The van der Waals surface area contributed by atoms with Crippen LogP contribution in [0.25, 0.3) is 5.69 Å². The highest BCUT2D eigenvalue weighted by atomic mass is 35.5. The van der Waals surface area contributed by atoms with Gasteiger partial charge < -0.3 is 49.3 Å². The molecule has 5 rings (SSSR count). The minimum absolute atomic E-state index is 0.118. The van der Waals surface area contributed by atoms with E-state index < -0.39 is 6.04 Å². The number of benzene rings is 3. The summed E-state index contributed by atoms with van der Waals surface area (Å²) in [5.41, 5.74) is 3.41. The molecule has 0 bridgehead atoms. The molecule has 0 aliphatic carbocycles. The molecule has 2 amide bonds. The third-order valence-electron chi connectivity index (χ3n) is 8.52. The Morgan fingerprint density at radius 3 is 2.02 bits per heavy atom. The number of nitrogens with one attached hydrogen (secondary N) is 2. The summed E-state index contributed by atoms with van der Waals surface area (Å²) in [6.45, 7) is 8.76. The van der Waals surface area contributed by atoms with Gasteiger partial charge in [0.25, 0.3) is 5.91 Å². The molecule has 4 aromatic rings. The first-order chi connectivity index (χ1) is 27.7. The zero-order valence-corrected chi connectivity index (χ0v) is 32.8. The number of aromatic hydroxyl groups is 2. The normalized spacial score (nSPS) is 13.3. The number of phenolic OH excluding ortho intramolecular Hbond substituents is 2. The first-order valence-corrected chi connectivity index (χ1v) is 19.1. The van der Waals surface area contributed by atoms with E-state index in [0.29, 0.717) is 107 Å². The molecular weight excluding hydrogens is 760 g/mol. The summed E-state index contributed by atoms with van der Waals surface area (Å²) in [5, 5.41) is 33.7. The predicted octanol–water partition coefficient (Wildman–Crippen LogP) is 3.95. The number of halogens is 1. The predicted molar refractivity (Wildman–Crippen MR) is 211 cm³/mol. The third kappa shape index (κ3) is 13.0. The number of aromatic nitrogens is 3. The van der Waals surface area contributed by atoms with Gasteiger partial charge in [0.05, 0.1) is 83.9 Å². The SMILES string of the molecule is CCNC(=O)CC1N=C(c2ccc(Cl)cc2)c2cc(OCCOCCOCCOCCOCCOCCNC(=O)c3ccc(O)c(O)c3)ccc2-n2c(C)nnc21. The number of hydrogen-bond donors (Lipinski definition) is 4. The number of hydrogen-bond acceptors (Lipinski definition) is 13. The van der Waals surface area contributed by atoms with Crippen LogP contribution in [0, 0.1) is 6.92 Å². The van der Waals surface area contributed by atoms with Crippen LogP contribution in [0.1, 0.15) is 52.5 Å². The van der Waals surface area contributed by atoms with Crippen LogP contribution < -0.4 is 15.4 Å². The van der Waals surface area contributed by atoms with Gasteiger partial charge in [-0.15, -0.1) is 10.2 Å². The van der Waals surface area contributed by atoms with Gasteiger partial charge in [0.15, 0.2) is 17.3 Å². The molecule has 0 fully saturated rings. The van der Waals surface area contributed by atoms with Gasteiger partial charge in [-0.1, -0.05) is 23.7 Å². The van der Waals surface area contributed by atoms with Gasteiger partial charge in [-0.3, -0.25) is 19.1 Å². The summed E-state index contributed by atoms with van der Waals surface area (Å²) in [5.74, 6) is 0.759. The minimum atomic E-state index is -0.563. The molecule has 16 nitrogen and oxygen atoms in total. The number of amides is 2. The largest absolute Gasteiger partial charge is 0.504 e. The second kappa shape index (κ2) is 22.6. The maximum atomic E-state index is 12.7. The van der Waals surface area contributed by atoms with E-state index in [1.54, 1.807) is 0 Å². The number of fused-ring (bicyclic) bond motifs is 3. The van der Waals surface area contributed by atoms with Crippen LogP contribution in [-0.2, 0) is 28.5 Å². The van der Waals surface area contributed by atoms with Gasteiger partial charge >= 0.3 is 0 Å². The van der Waals surface area contributed by atoms with Gasteiger partial charge in [0.1, 0.15) is 24.2 Å². The van der Waals surface area contributed by atoms with Crippen molar-refractivity contribution < 1.29 is 48.2 Å².